The van der Waals surface area contributed by atoms with Gasteiger partial charge >= 0.3 is 83.6 Å². The number of rotatable bonds is 3. The van der Waals surface area contributed by atoms with Gasteiger partial charge in [-0.2, -0.15) is 0 Å². The molecule has 0 fully saturated rings. The summed E-state index contributed by atoms with van der Waals surface area (Å²) in [6.07, 6.45) is 2.49. The second-order valence-electron chi connectivity index (χ2n) is 3.23. The van der Waals surface area contributed by atoms with E-state index in [0.717, 1.165) is 0 Å². The normalized spacial score (nSPS) is 11.6. The van der Waals surface area contributed by atoms with Gasteiger partial charge in [-0.05, 0) is 0 Å². The predicted octanol–water partition coefficient (Wildman–Crippen LogP) is 2.33. The Balaban J connectivity index is 2.95. The molecule has 0 saturated carbocycles. The molecule has 1 rings (SSSR count). The third-order valence-corrected chi connectivity index (χ3v) is 5.02. The van der Waals surface area contributed by atoms with Gasteiger partial charge in [0, 0.05) is 0 Å². The van der Waals surface area contributed by atoms with Gasteiger partial charge in [0.15, 0.2) is 0 Å². The molecule has 1 unspecified atom stereocenters. The van der Waals surface area contributed by atoms with Crippen LogP contribution in [0.5, 0.6) is 0 Å². The third kappa shape index (κ3) is 1.93. The molecule has 0 radical (unpaired) electrons. The Morgan fingerprint density at radius 1 is 1.08 bits per heavy atom. The van der Waals surface area contributed by atoms with Crippen LogP contribution in [-0.4, -0.2) is 16.9 Å². The van der Waals surface area contributed by atoms with E-state index >= 15 is 0 Å². The van der Waals surface area contributed by atoms with Crippen molar-refractivity contribution in [2.24, 2.45) is 0 Å². The molecule has 0 N–H and O–H groups in total. The first kappa shape index (κ1) is 9.86. The van der Waals surface area contributed by atoms with Gasteiger partial charge in [-0.15, -0.1) is 0 Å². The molecule has 0 aliphatic heterocycles. The number of hydrogen-bond acceptors (Lipinski definition) is 0. The Kier molecular flexibility index (Phi) is 3.40. The van der Waals surface area contributed by atoms with E-state index in [0.29, 0.717) is 4.20 Å². The molecule has 12 heavy (non-hydrogen) atoms. The fourth-order valence-electron chi connectivity index (χ4n) is 1.43. The molecule has 0 bridgehead atoms. The Morgan fingerprint density at radius 2 is 1.58 bits per heavy atom. The molecule has 0 spiro atoms. The van der Waals surface area contributed by atoms with Gasteiger partial charge in [0.2, 0.25) is 0 Å². The average molecular weight is 224 g/mol. The fraction of sp³-hybridized carbons (Fsp3) is 0.455. The van der Waals surface area contributed by atoms with E-state index in [9.17, 15) is 0 Å². The van der Waals surface area contributed by atoms with Gasteiger partial charge in [-0.3, -0.25) is 0 Å². The van der Waals surface area contributed by atoms with E-state index in [1.807, 2.05) is 16.9 Å². The molecular weight excluding hydrogens is 207 g/mol. The SMILES string of the molecule is CCC([AsH2])(CC)c1ccccc1. The van der Waals surface area contributed by atoms with E-state index < -0.39 is 0 Å². The molecule has 0 saturated heterocycles. The van der Waals surface area contributed by atoms with Crippen molar-refractivity contribution in [3.63, 3.8) is 0 Å². The van der Waals surface area contributed by atoms with Gasteiger partial charge in [0.05, 0.1) is 0 Å². The summed E-state index contributed by atoms with van der Waals surface area (Å²) < 4.78 is 0.439. The molecule has 0 nitrogen and oxygen atoms in total. The van der Waals surface area contributed by atoms with Gasteiger partial charge in [0.25, 0.3) is 0 Å². The van der Waals surface area contributed by atoms with E-state index in [-0.39, 0.29) is 0 Å². The van der Waals surface area contributed by atoms with E-state index in [1.165, 1.54) is 18.4 Å². The van der Waals surface area contributed by atoms with Crippen molar-refractivity contribution in [1.29, 1.82) is 0 Å². The molecule has 1 atom stereocenters. The minimum absolute atomic E-state index is 0.439. The fourth-order valence-corrected chi connectivity index (χ4v) is 1.83. The van der Waals surface area contributed by atoms with Crippen molar-refractivity contribution in [3.05, 3.63) is 35.9 Å². The van der Waals surface area contributed by atoms with Crippen molar-refractivity contribution < 1.29 is 0 Å². The molecule has 0 aromatic heterocycles. The van der Waals surface area contributed by atoms with Crippen LogP contribution in [0.2, 0.25) is 0 Å². The maximum absolute atomic E-state index is 2.28. The summed E-state index contributed by atoms with van der Waals surface area (Å²) in [6.45, 7) is 4.55. The molecule has 0 amide bonds. The molecule has 0 aliphatic rings. The van der Waals surface area contributed by atoms with Crippen LogP contribution in [-0.2, 0) is 4.20 Å². The first-order chi connectivity index (χ1) is 5.73. The molecule has 0 aliphatic carbocycles. The Labute approximate surface area is 83.9 Å². The van der Waals surface area contributed by atoms with Crippen LogP contribution in [0.3, 0.4) is 0 Å². The number of hydrogen-bond donors (Lipinski definition) is 0. The summed E-state index contributed by atoms with van der Waals surface area (Å²) in [5.41, 5.74) is 1.50. The minimum atomic E-state index is 0.439. The van der Waals surface area contributed by atoms with Gasteiger partial charge in [-0.25, -0.2) is 0 Å². The summed E-state index contributed by atoms with van der Waals surface area (Å²) in [5, 5.41) is 0. The summed E-state index contributed by atoms with van der Waals surface area (Å²) in [4.78, 5) is 0. The van der Waals surface area contributed by atoms with Crippen molar-refractivity contribution in [2.45, 2.75) is 30.9 Å². The predicted molar refractivity (Wildman–Crippen MR) is 57.2 cm³/mol. The van der Waals surface area contributed by atoms with Gasteiger partial charge < -0.3 is 0 Å². The molecular formula is C11H17As. The first-order valence-corrected chi connectivity index (χ1v) is 5.78. The van der Waals surface area contributed by atoms with Crippen LogP contribution >= 0.6 is 0 Å². The topological polar surface area (TPSA) is 0 Å². The average Bonchev–Trinajstić information content (AvgIpc) is 2.18. The van der Waals surface area contributed by atoms with Crippen LogP contribution in [0.25, 0.3) is 0 Å². The zero-order valence-corrected chi connectivity index (χ0v) is 10.3. The number of benzene rings is 1. The Hall–Kier alpha value is -0.222. The van der Waals surface area contributed by atoms with E-state index in [4.69, 9.17) is 0 Å². The molecule has 0 heterocycles. The van der Waals surface area contributed by atoms with Crippen molar-refractivity contribution in [2.75, 3.05) is 0 Å². The van der Waals surface area contributed by atoms with Crippen LogP contribution in [0.15, 0.2) is 30.3 Å². The van der Waals surface area contributed by atoms with E-state index in [2.05, 4.69) is 44.2 Å². The van der Waals surface area contributed by atoms with Crippen molar-refractivity contribution in [1.82, 2.24) is 0 Å². The van der Waals surface area contributed by atoms with Crippen LogP contribution in [0, 0.1) is 0 Å². The van der Waals surface area contributed by atoms with Crippen LogP contribution in [0.4, 0.5) is 0 Å². The Bertz CT molecular complexity index is 224. The standard InChI is InChI=1S/C11H17As/c1-3-11(12,4-2)10-8-6-5-7-9-10/h5-9H,3-4,12H2,1-2H3. The molecule has 1 aromatic carbocycles. The first-order valence-electron chi connectivity index (χ1n) is 4.57. The second kappa shape index (κ2) is 4.14. The monoisotopic (exact) mass is 224 g/mol. The van der Waals surface area contributed by atoms with Crippen molar-refractivity contribution in [3.8, 4) is 0 Å². The third-order valence-electron chi connectivity index (χ3n) is 2.61. The maximum atomic E-state index is 2.28. The molecule has 1 aromatic rings. The van der Waals surface area contributed by atoms with Gasteiger partial charge in [0.1, 0.15) is 0 Å². The second-order valence-corrected chi connectivity index (χ2v) is 5.55. The van der Waals surface area contributed by atoms with Crippen LogP contribution < -0.4 is 0 Å². The Morgan fingerprint density at radius 3 is 2.00 bits per heavy atom. The summed E-state index contributed by atoms with van der Waals surface area (Å²) >= 11 is 1.85. The summed E-state index contributed by atoms with van der Waals surface area (Å²) in [6, 6.07) is 10.8. The summed E-state index contributed by atoms with van der Waals surface area (Å²) in [5.74, 6) is 0. The van der Waals surface area contributed by atoms with Crippen LogP contribution in [0.1, 0.15) is 32.3 Å². The molecule has 66 valence electrons. The van der Waals surface area contributed by atoms with Gasteiger partial charge in [-0.1, -0.05) is 0 Å². The zero-order valence-electron chi connectivity index (χ0n) is 7.88. The van der Waals surface area contributed by atoms with E-state index in [1.54, 1.807) is 0 Å². The quantitative estimate of drug-likeness (QED) is 0.691. The van der Waals surface area contributed by atoms with Crippen molar-refractivity contribution >= 4 is 16.9 Å². The zero-order chi connectivity index (χ0) is 9.03. The molecule has 1 heteroatoms. The summed E-state index contributed by atoms with van der Waals surface area (Å²) in [7, 11) is 0.